The lowest BCUT2D eigenvalue weighted by Gasteiger charge is -2.10. The van der Waals surface area contributed by atoms with Crippen LogP contribution in [0.1, 0.15) is 17.3 Å². The van der Waals surface area contributed by atoms with Gasteiger partial charge in [0.1, 0.15) is 17.1 Å². The third-order valence-corrected chi connectivity index (χ3v) is 3.85. The molecule has 0 bridgehead atoms. The predicted octanol–water partition coefficient (Wildman–Crippen LogP) is 4.58. The molecular formula is C18H14Cl2FNO4. The van der Waals surface area contributed by atoms with Crippen LogP contribution in [-0.4, -0.2) is 23.5 Å². The zero-order valence-electron chi connectivity index (χ0n) is 13.6. The lowest BCUT2D eigenvalue weighted by atomic mass is 10.0. The molecule has 0 aromatic heterocycles. The van der Waals surface area contributed by atoms with Crippen molar-refractivity contribution in [2.75, 3.05) is 11.9 Å². The number of hydrogen-bond donors (Lipinski definition) is 2. The van der Waals surface area contributed by atoms with Crippen molar-refractivity contribution in [2.24, 2.45) is 0 Å². The number of ether oxygens (including phenoxy) is 1. The number of anilines is 1. The Hall–Kier alpha value is -2.57. The Kier molecular flexibility index (Phi) is 6.60. The monoisotopic (exact) mass is 397 g/mol. The Balaban J connectivity index is 2.39. The Labute approximate surface area is 159 Å². The molecule has 0 saturated heterocycles. The number of phenolic OH excluding ortho intramolecular Hbond substituents is 1. The van der Waals surface area contributed by atoms with E-state index in [0.29, 0.717) is 5.69 Å². The Bertz CT molecular complexity index is 866. The van der Waals surface area contributed by atoms with Crippen LogP contribution in [0.4, 0.5) is 10.1 Å². The fourth-order valence-corrected chi connectivity index (χ4v) is 2.45. The third-order valence-electron chi connectivity index (χ3n) is 3.25. The van der Waals surface area contributed by atoms with Gasteiger partial charge in [-0.2, -0.15) is 0 Å². The molecule has 26 heavy (non-hydrogen) atoms. The summed E-state index contributed by atoms with van der Waals surface area (Å²) in [5, 5.41) is 11.7. The number of halogens is 3. The van der Waals surface area contributed by atoms with Crippen molar-refractivity contribution in [1.82, 2.24) is 0 Å². The molecule has 2 aromatic carbocycles. The molecule has 5 nitrogen and oxygen atoms in total. The van der Waals surface area contributed by atoms with Gasteiger partial charge in [0.15, 0.2) is 0 Å². The van der Waals surface area contributed by atoms with Crippen LogP contribution in [-0.2, 0) is 9.53 Å². The minimum absolute atomic E-state index is 0.0470. The quantitative estimate of drug-likeness (QED) is 0.142. The highest BCUT2D eigenvalue weighted by Gasteiger charge is 2.24. The molecule has 0 unspecified atom stereocenters. The number of Topliss-reactive ketones (excluding diaryl/α,β-unsaturated/α-hetero) is 1. The van der Waals surface area contributed by atoms with Crippen LogP contribution < -0.4 is 5.32 Å². The van der Waals surface area contributed by atoms with Gasteiger partial charge in [-0.25, -0.2) is 9.18 Å². The van der Waals surface area contributed by atoms with Crippen molar-refractivity contribution in [2.45, 2.75) is 6.92 Å². The van der Waals surface area contributed by atoms with Crippen LogP contribution in [0.5, 0.6) is 5.75 Å². The Morgan fingerprint density at radius 3 is 2.46 bits per heavy atom. The third kappa shape index (κ3) is 4.74. The van der Waals surface area contributed by atoms with Crippen molar-refractivity contribution in [3.63, 3.8) is 0 Å². The molecule has 0 aliphatic carbocycles. The summed E-state index contributed by atoms with van der Waals surface area (Å²) < 4.78 is 18.6. The summed E-state index contributed by atoms with van der Waals surface area (Å²) in [5.41, 5.74) is -0.0882. The number of esters is 1. The van der Waals surface area contributed by atoms with Gasteiger partial charge in [0.05, 0.1) is 16.7 Å². The summed E-state index contributed by atoms with van der Waals surface area (Å²) in [7, 11) is 0. The standard InChI is InChI=1S/C18H14Cl2FNO4/c1-2-26-18(25)13(9-22-10-3-5-11(23)6-4-10)17(24)12-7-16(21)15(20)8-14(12)19/h3-9,22-23H,2H2,1H3. The van der Waals surface area contributed by atoms with Gasteiger partial charge in [-0.1, -0.05) is 23.2 Å². The average Bonchev–Trinajstić information content (AvgIpc) is 2.60. The minimum atomic E-state index is -0.893. The summed E-state index contributed by atoms with van der Waals surface area (Å²) >= 11 is 11.6. The lowest BCUT2D eigenvalue weighted by molar-refractivity contribution is -0.138. The SMILES string of the molecule is CCOC(=O)C(=CNc1ccc(O)cc1)C(=O)c1cc(F)c(Cl)cc1Cl. The van der Waals surface area contributed by atoms with E-state index in [1.165, 1.54) is 24.3 Å². The van der Waals surface area contributed by atoms with E-state index in [1.54, 1.807) is 6.92 Å². The fourth-order valence-electron chi connectivity index (χ4n) is 1.98. The molecule has 0 aliphatic rings. The lowest BCUT2D eigenvalue weighted by Crippen LogP contribution is -2.18. The Morgan fingerprint density at radius 2 is 1.85 bits per heavy atom. The molecule has 0 aliphatic heterocycles. The van der Waals surface area contributed by atoms with Crippen LogP contribution in [0.2, 0.25) is 10.0 Å². The highest BCUT2D eigenvalue weighted by molar-refractivity contribution is 6.39. The number of carbonyl (C=O) groups is 2. The topological polar surface area (TPSA) is 75.6 Å². The van der Waals surface area contributed by atoms with Gasteiger partial charge in [0.25, 0.3) is 0 Å². The zero-order valence-corrected chi connectivity index (χ0v) is 15.1. The van der Waals surface area contributed by atoms with Gasteiger partial charge in [-0.3, -0.25) is 4.79 Å². The first-order chi connectivity index (χ1) is 12.3. The smallest absolute Gasteiger partial charge is 0.343 e. The number of phenols is 1. The van der Waals surface area contributed by atoms with E-state index in [9.17, 15) is 19.1 Å². The second-order valence-electron chi connectivity index (χ2n) is 5.04. The van der Waals surface area contributed by atoms with Crippen LogP contribution >= 0.6 is 23.2 Å². The molecule has 0 atom stereocenters. The summed E-state index contributed by atoms with van der Waals surface area (Å²) in [5.74, 6) is -2.50. The first kappa shape index (κ1) is 19.8. The molecule has 8 heteroatoms. The number of benzene rings is 2. The Morgan fingerprint density at radius 1 is 1.19 bits per heavy atom. The normalized spacial score (nSPS) is 11.2. The number of carbonyl (C=O) groups excluding carboxylic acids is 2. The zero-order chi connectivity index (χ0) is 19.3. The number of ketones is 1. The first-order valence-electron chi connectivity index (χ1n) is 7.45. The molecule has 2 rings (SSSR count). The van der Waals surface area contributed by atoms with Crippen molar-refractivity contribution >= 4 is 40.6 Å². The van der Waals surface area contributed by atoms with Crippen molar-refractivity contribution in [3.05, 3.63) is 69.6 Å². The van der Waals surface area contributed by atoms with Gasteiger partial charge in [-0.05, 0) is 43.3 Å². The molecule has 136 valence electrons. The average molecular weight is 398 g/mol. The molecule has 0 spiro atoms. The maximum Gasteiger partial charge on any atom is 0.343 e. The van der Waals surface area contributed by atoms with Gasteiger partial charge >= 0.3 is 5.97 Å². The molecule has 2 N–H and O–H groups in total. The first-order valence-corrected chi connectivity index (χ1v) is 8.21. The number of nitrogens with one attached hydrogen (secondary N) is 1. The predicted molar refractivity (Wildman–Crippen MR) is 97.2 cm³/mol. The van der Waals surface area contributed by atoms with E-state index in [2.05, 4.69) is 5.32 Å². The second-order valence-corrected chi connectivity index (χ2v) is 5.86. The maximum atomic E-state index is 13.7. The molecule has 2 aromatic rings. The van der Waals surface area contributed by atoms with E-state index in [1.807, 2.05) is 0 Å². The largest absolute Gasteiger partial charge is 0.508 e. The van der Waals surface area contributed by atoms with E-state index in [4.69, 9.17) is 27.9 Å². The fraction of sp³-hybridized carbons (Fsp3) is 0.111. The van der Waals surface area contributed by atoms with E-state index in [0.717, 1.165) is 18.3 Å². The number of hydrogen-bond acceptors (Lipinski definition) is 5. The van der Waals surface area contributed by atoms with Gasteiger partial charge in [-0.15, -0.1) is 0 Å². The summed E-state index contributed by atoms with van der Waals surface area (Å²) in [4.78, 5) is 24.8. The summed E-state index contributed by atoms with van der Waals surface area (Å²) in [6.45, 7) is 1.63. The summed E-state index contributed by atoms with van der Waals surface area (Å²) in [6.07, 6.45) is 1.13. The van der Waals surface area contributed by atoms with Crippen molar-refractivity contribution in [3.8, 4) is 5.75 Å². The molecule has 0 fully saturated rings. The van der Waals surface area contributed by atoms with Crippen LogP contribution in [0.25, 0.3) is 0 Å². The van der Waals surface area contributed by atoms with Gasteiger partial charge in [0.2, 0.25) is 5.78 Å². The van der Waals surface area contributed by atoms with E-state index >= 15 is 0 Å². The summed E-state index contributed by atoms with van der Waals surface area (Å²) in [6, 6.07) is 7.87. The highest BCUT2D eigenvalue weighted by Crippen LogP contribution is 2.26. The molecule has 0 amide bonds. The molecule has 0 saturated carbocycles. The maximum absolute atomic E-state index is 13.7. The van der Waals surface area contributed by atoms with Crippen molar-refractivity contribution < 1.29 is 23.8 Å². The molecular weight excluding hydrogens is 384 g/mol. The van der Waals surface area contributed by atoms with Crippen molar-refractivity contribution in [1.29, 1.82) is 0 Å². The van der Waals surface area contributed by atoms with Gasteiger partial charge < -0.3 is 15.2 Å². The molecule has 0 heterocycles. The van der Waals surface area contributed by atoms with E-state index in [-0.39, 0.29) is 33.5 Å². The number of rotatable bonds is 6. The van der Waals surface area contributed by atoms with E-state index < -0.39 is 17.6 Å². The molecule has 0 radical (unpaired) electrons. The number of aromatic hydroxyl groups is 1. The highest BCUT2D eigenvalue weighted by atomic mass is 35.5. The van der Waals surface area contributed by atoms with Crippen LogP contribution in [0.3, 0.4) is 0 Å². The minimum Gasteiger partial charge on any atom is -0.508 e. The second kappa shape index (κ2) is 8.69. The van der Waals surface area contributed by atoms with Crippen LogP contribution in [0.15, 0.2) is 48.2 Å². The van der Waals surface area contributed by atoms with Crippen LogP contribution in [0, 0.1) is 5.82 Å². The van der Waals surface area contributed by atoms with Gasteiger partial charge in [0, 0.05) is 17.5 Å².